The largest absolute Gasteiger partial charge is 0.872 e. The average molecular weight is 198 g/mol. The van der Waals surface area contributed by atoms with E-state index in [-0.39, 0.29) is 5.75 Å². The monoisotopic (exact) mass is 198 g/mol. The molecule has 0 saturated heterocycles. The predicted octanol–water partition coefficient (Wildman–Crippen LogP) is 2.19. The maximum absolute atomic E-state index is 11.9. The molecule has 0 aliphatic carbocycles. The van der Waals surface area contributed by atoms with Crippen LogP contribution in [0.1, 0.15) is 11.1 Å². The van der Waals surface area contributed by atoms with Gasteiger partial charge in [-0.2, -0.15) is 0 Å². The second-order valence-corrected chi connectivity index (χ2v) is 4.08. The van der Waals surface area contributed by atoms with Gasteiger partial charge in [0.25, 0.3) is 0 Å². The van der Waals surface area contributed by atoms with Gasteiger partial charge in [-0.15, -0.1) is 0 Å². The maximum atomic E-state index is 11.9. The Bertz CT molecular complexity index is 546. The van der Waals surface area contributed by atoms with Crippen molar-refractivity contribution in [2.45, 2.75) is 13.3 Å². The van der Waals surface area contributed by atoms with Gasteiger partial charge in [-0.1, -0.05) is 23.9 Å². The van der Waals surface area contributed by atoms with Gasteiger partial charge >= 0.3 is 0 Å². The zero-order valence-electron chi connectivity index (χ0n) is 8.63. The van der Waals surface area contributed by atoms with Crippen LogP contribution in [0.3, 0.4) is 0 Å². The van der Waals surface area contributed by atoms with Crippen molar-refractivity contribution in [3.05, 3.63) is 35.4 Å². The number of fused-ring (bicyclic) bond motifs is 3. The van der Waals surface area contributed by atoms with Crippen molar-refractivity contribution >= 4 is 16.5 Å². The Balaban J connectivity index is 2.51. The van der Waals surface area contributed by atoms with E-state index in [2.05, 4.69) is 18.3 Å². The van der Waals surface area contributed by atoms with Gasteiger partial charge in [-0.25, -0.2) is 0 Å². The summed E-state index contributed by atoms with van der Waals surface area (Å²) < 4.78 is 0. The summed E-state index contributed by atoms with van der Waals surface area (Å²) in [6, 6.07) is 7.67. The van der Waals surface area contributed by atoms with E-state index in [1.54, 1.807) is 6.07 Å². The number of rotatable bonds is 0. The minimum atomic E-state index is 0.127. The minimum absolute atomic E-state index is 0.127. The van der Waals surface area contributed by atoms with Crippen molar-refractivity contribution in [3.8, 4) is 5.75 Å². The Hall–Kier alpha value is -1.70. The van der Waals surface area contributed by atoms with Gasteiger partial charge in [0.1, 0.15) is 0 Å². The summed E-state index contributed by atoms with van der Waals surface area (Å²) in [6.45, 7) is 3.02. The van der Waals surface area contributed by atoms with Gasteiger partial charge in [0.05, 0.1) is 0 Å². The number of hydrogen-bond donors (Lipinski definition) is 1. The zero-order chi connectivity index (χ0) is 10.4. The van der Waals surface area contributed by atoms with Crippen LogP contribution in [-0.4, -0.2) is 6.54 Å². The molecule has 0 spiro atoms. The van der Waals surface area contributed by atoms with E-state index >= 15 is 0 Å². The number of aryl methyl sites for hydroxylation is 1. The summed E-state index contributed by atoms with van der Waals surface area (Å²) in [4.78, 5) is 0. The molecule has 0 saturated carbocycles. The highest BCUT2D eigenvalue weighted by Crippen LogP contribution is 2.36. The van der Waals surface area contributed by atoms with Crippen molar-refractivity contribution in [3.63, 3.8) is 0 Å². The molecule has 2 heteroatoms. The van der Waals surface area contributed by atoms with Crippen molar-refractivity contribution < 1.29 is 5.11 Å². The fourth-order valence-corrected chi connectivity index (χ4v) is 2.44. The van der Waals surface area contributed by atoms with Crippen LogP contribution in [0.15, 0.2) is 24.3 Å². The standard InChI is InChI=1S/C13H13NO/c1-8-3-2-4-10-12(15)7-11-9(13(8)10)5-6-14-11/h2-4,7,14-15H,5-6H2,1H3/p-1. The molecule has 1 heterocycles. The molecular formula is C13H12NO-. The number of anilines is 1. The highest BCUT2D eigenvalue weighted by atomic mass is 16.3. The maximum Gasteiger partial charge on any atom is 0.0373 e. The SMILES string of the molecule is Cc1cccc2c([O-])cc3c(c12)CCN3. The molecule has 2 nitrogen and oxygen atoms in total. The molecule has 76 valence electrons. The van der Waals surface area contributed by atoms with Crippen LogP contribution in [0.5, 0.6) is 5.75 Å². The fraction of sp³-hybridized carbons (Fsp3) is 0.231. The Morgan fingerprint density at radius 1 is 1.33 bits per heavy atom. The molecule has 0 atom stereocenters. The van der Waals surface area contributed by atoms with E-state index < -0.39 is 0 Å². The van der Waals surface area contributed by atoms with Crippen LogP contribution in [0, 0.1) is 6.92 Å². The van der Waals surface area contributed by atoms with Gasteiger partial charge in [0.2, 0.25) is 0 Å². The normalized spacial score (nSPS) is 13.9. The van der Waals surface area contributed by atoms with Crippen molar-refractivity contribution in [1.82, 2.24) is 0 Å². The summed E-state index contributed by atoms with van der Waals surface area (Å²) in [6.07, 6.45) is 1.02. The lowest BCUT2D eigenvalue weighted by Gasteiger charge is -2.16. The molecule has 0 bridgehead atoms. The summed E-state index contributed by atoms with van der Waals surface area (Å²) in [5.41, 5.74) is 3.54. The molecule has 3 rings (SSSR count). The number of benzene rings is 2. The highest BCUT2D eigenvalue weighted by molar-refractivity contribution is 5.97. The molecule has 0 amide bonds. The van der Waals surface area contributed by atoms with Gasteiger partial charge in [-0.05, 0) is 41.3 Å². The Morgan fingerprint density at radius 3 is 3.07 bits per heavy atom. The van der Waals surface area contributed by atoms with Gasteiger partial charge in [0, 0.05) is 12.2 Å². The molecule has 2 aromatic carbocycles. The topological polar surface area (TPSA) is 35.1 Å². The van der Waals surface area contributed by atoms with E-state index in [4.69, 9.17) is 0 Å². The molecule has 0 aromatic heterocycles. The third-order valence-electron chi connectivity index (χ3n) is 3.13. The minimum Gasteiger partial charge on any atom is -0.872 e. The first kappa shape index (κ1) is 8.60. The Morgan fingerprint density at radius 2 is 2.20 bits per heavy atom. The third kappa shape index (κ3) is 1.11. The summed E-state index contributed by atoms with van der Waals surface area (Å²) in [5, 5.41) is 17.1. The van der Waals surface area contributed by atoms with E-state index in [9.17, 15) is 5.11 Å². The zero-order valence-corrected chi connectivity index (χ0v) is 8.63. The molecule has 15 heavy (non-hydrogen) atoms. The van der Waals surface area contributed by atoms with E-state index in [0.29, 0.717) is 0 Å². The van der Waals surface area contributed by atoms with Crippen LogP contribution in [0.4, 0.5) is 5.69 Å². The number of nitrogens with one attached hydrogen (secondary N) is 1. The lowest BCUT2D eigenvalue weighted by Crippen LogP contribution is -1.95. The lowest BCUT2D eigenvalue weighted by molar-refractivity contribution is -0.265. The van der Waals surface area contributed by atoms with Crippen LogP contribution in [0.2, 0.25) is 0 Å². The fourth-order valence-electron chi connectivity index (χ4n) is 2.44. The second-order valence-electron chi connectivity index (χ2n) is 4.08. The Labute approximate surface area is 88.5 Å². The first-order valence-corrected chi connectivity index (χ1v) is 5.23. The first-order valence-electron chi connectivity index (χ1n) is 5.23. The molecule has 0 radical (unpaired) electrons. The summed E-state index contributed by atoms with van der Waals surface area (Å²) in [7, 11) is 0. The predicted molar refractivity (Wildman–Crippen MR) is 60.3 cm³/mol. The molecule has 1 aliphatic heterocycles. The molecule has 0 unspecified atom stereocenters. The average Bonchev–Trinajstić information content (AvgIpc) is 2.66. The molecular weight excluding hydrogens is 186 g/mol. The summed E-state index contributed by atoms with van der Waals surface area (Å²) in [5.74, 6) is 0.127. The quantitative estimate of drug-likeness (QED) is 0.704. The molecule has 1 N–H and O–H groups in total. The van der Waals surface area contributed by atoms with Gasteiger partial charge in [-0.3, -0.25) is 0 Å². The smallest absolute Gasteiger partial charge is 0.0373 e. The third-order valence-corrected chi connectivity index (χ3v) is 3.13. The van der Waals surface area contributed by atoms with Crippen molar-refractivity contribution in [2.75, 3.05) is 11.9 Å². The van der Waals surface area contributed by atoms with Crippen LogP contribution < -0.4 is 10.4 Å². The Kier molecular flexibility index (Phi) is 1.66. The van der Waals surface area contributed by atoms with Gasteiger partial charge in [0.15, 0.2) is 0 Å². The van der Waals surface area contributed by atoms with Crippen molar-refractivity contribution in [1.29, 1.82) is 0 Å². The number of hydrogen-bond acceptors (Lipinski definition) is 2. The van der Waals surface area contributed by atoms with Gasteiger partial charge < -0.3 is 10.4 Å². The van der Waals surface area contributed by atoms with E-state index in [1.807, 2.05) is 12.1 Å². The van der Waals surface area contributed by atoms with Crippen LogP contribution in [0.25, 0.3) is 10.8 Å². The van der Waals surface area contributed by atoms with Crippen molar-refractivity contribution in [2.24, 2.45) is 0 Å². The van der Waals surface area contributed by atoms with E-state index in [0.717, 1.165) is 29.4 Å². The summed E-state index contributed by atoms with van der Waals surface area (Å²) >= 11 is 0. The molecule has 1 aliphatic rings. The van der Waals surface area contributed by atoms with E-state index in [1.165, 1.54) is 11.1 Å². The lowest BCUT2D eigenvalue weighted by atomic mass is 9.97. The first-order chi connectivity index (χ1) is 7.27. The highest BCUT2D eigenvalue weighted by Gasteiger charge is 2.14. The second kappa shape index (κ2) is 2.89. The van der Waals surface area contributed by atoms with Crippen LogP contribution in [-0.2, 0) is 6.42 Å². The molecule has 0 fully saturated rings. The van der Waals surface area contributed by atoms with Crippen LogP contribution >= 0.6 is 0 Å². The molecule has 2 aromatic rings.